The number of hydrogen-bond donors (Lipinski definition) is 0. The number of ether oxygens (including phenoxy) is 2. The summed E-state index contributed by atoms with van der Waals surface area (Å²) in [4.78, 5) is 32.7. The molecule has 5 aromatic carbocycles. The predicted octanol–water partition coefficient (Wildman–Crippen LogP) is 7.66. The summed E-state index contributed by atoms with van der Waals surface area (Å²) in [5.74, 6) is 1.56. The molecular weight excluding hydrogens is 560 g/mol. The normalized spacial score (nSPS) is 12.5. The minimum Gasteiger partial charge on any atom is -0.497 e. The number of amidine groups is 3. The molecule has 1 amide bonds. The summed E-state index contributed by atoms with van der Waals surface area (Å²) >= 11 is 0. The van der Waals surface area contributed by atoms with Crippen LogP contribution in [-0.4, -0.2) is 43.0 Å². The molecule has 0 atom stereocenters. The van der Waals surface area contributed by atoms with Gasteiger partial charge in [0.15, 0.2) is 17.5 Å². The van der Waals surface area contributed by atoms with Crippen LogP contribution in [0.2, 0.25) is 0 Å². The van der Waals surface area contributed by atoms with E-state index in [9.17, 15) is 4.79 Å². The van der Waals surface area contributed by atoms with Crippen molar-refractivity contribution in [3.8, 4) is 5.75 Å². The van der Waals surface area contributed by atoms with Crippen LogP contribution in [0.3, 0.4) is 0 Å². The number of methoxy groups -OCH3 is 1. The maximum absolute atomic E-state index is 13.4. The highest BCUT2D eigenvalue weighted by molar-refractivity contribution is 6.20. The fourth-order valence-corrected chi connectivity index (χ4v) is 4.31. The molecule has 0 saturated heterocycles. The Hall–Kier alpha value is -5.95. The molecule has 0 aliphatic rings. The number of aliphatic imine (C=N–C) groups is 4. The summed E-state index contributed by atoms with van der Waals surface area (Å²) in [5.41, 5.74) is 3.37. The molecule has 7 heteroatoms. The quantitative estimate of drug-likeness (QED) is 0.144. The van der Waals surface area contributed by atoms with Crippen LogP contribution < -0.4 is 4.74 Å². The highest BCUT2D eigenvalue weighted by Gasteiger charge is 2.15. The van der Waals surface area contributed by atoms with Crippen molar-refractivity contribution in [3.05, 3.63) is 173 Å². The van der Waals surface area contributed by atoms with E-state index < -0.39 is 5.91 Å². The Kier molecular flexibility index (Phi) is 10.5. The lowest BCUT2D eigenvalue weighted by molar-refractivity contribution is 0.100. The Morgan fingerprint density at radius 1 is 0.489 bits per heavy atom. The Morgan fingerprint density at radius 2 is 0.889 bits per heavy atom. The molecule has 222 valence electrons. The van der Waals surface area contributed by atoms with E-state index in [-0.39, 0.29) is 5.84 Å². The van der Waals surface area contributed by atoms with Crippen LogP contribution in [0.5, 0.6) is 5.75 Å². The number of hydrogen-bond acceptors (Lipinski definition) is 3. The summed E-state index contributed by atoms with van der Waals surface area (Å²) in [6.45, 7) is 2.34. The smallest absolute Gasteiger partial charge is 0.279 e. The number of carbonyl (C=O) groups is 1. The van der Waals surface area contributed by atoms with E-state index in [1.165, 1.54) is 0 Å². The first-order valence-corrected chi connectivity index (χ1v) is 14.5. The van der Waals surface area contributed by atoms with Crippen molar-refractivity contribution in [1.82, 2.24) is 0 Å². The Labute approximate surface area is 263 Å². The summed E-state index contributed by atoms with van der Waals surface area (Å²) in [5, 5.41) is 0. The lowest BCUT2D eigenvalue weighted by Gasteiger charge is -2.11. The van der Waals surface area contributed by atoms with Gasteiger partial charge in [0.2, 0.25) is 5.90 Å². The first-order chi connectivity index (χ1) is 22.1. The SMILES string of the molecule is CCOC(=NC(=NC(=NC(=NC(=O)c1ccc(OC)cc1)c1ccccc1)c1ccccc1)c1ccccc1)c1ccccc1. The molecule has 0 aromatic heterocycles. The third-order valence-electron chi connectivity index (χ3n) is 6.57. The highest BCUT2D eigenvalue weighted by atomic mass is 16.5. The van der Waals surface area contributed by atoms with Crippen LogP contribution in [0.4, 0.5) is 0 Å². The minimum atomic E-state index is -0.444. The zero-order valence-corrected chi connectivity index (χ0v) is 25.1. The fraction of sp³-hybridized carbons (Fsp3) is 0.0789. The summed E-state index contributed by atoms with van der Waals surface area (Å²) in [6.07, 6.45) is 0. The molecule has 0 aliphatic heterocycles. The van der Waals surface area contributed by atoms with Crippen molar-refractivity contribution in [2.24, 2.45) is 20.0 Å². The van der Waals surface area contributed by atoms with Gasteiger partial charge in [-0.2, -0.15) is 9.98 Å². The topological polar surface area (TPSA) is 85.0 Å². The van der Waals surface area contributed by atoms with Crippen LogP contribution in [0, 0.1) is 0 Å². The second-order valence-corrected chi connectivity index (χ2v) is 9.65. The Morgan fingerprint density at radius 3 is 1.31 bits per heavy atom. The number of carbonyl (C=O) groups excluding carboxylic acids is 1. The average molecular weight is 593 g/mol. The third-order valence-corrected chi connectivity index (χ3v) is 6.57. The number of amides is 1. The van der Waals surface area contributed by atoms with Crippen LogP contribution in [0.1, 0.15) is 39.5 Å². The van der Waals surface area contributed by atoms with Gasteiger partial charge in [0.1, 0.15) is 5.75 Å². The van der Waals surface area contributed by atoms with Crippen LogP contribution in [0.15, 0.2) is 166 Å². The zero-order valence-electron chi connectivity index (χ0n) is 25.1. The molecule has 0 aliphatic carbocycles. The molecule has 7 nitrogen and oxygen atoms in total. The van der Waals surface area contributed by atoms with Gasteiger partial charge < -0.3 is 9.47 Å². The van der Waals surface area contributed by atoms with Gasteiger partial charge in [-0.05, 0) is 43.3 Å². The molecule has 5 rings (SSSR count). The van der Waals surface area contributed by atoms with Gasteiger partial charge in [0.05, 0.1) is 13.7 Å². The van der Waals surface area contributed by atoms with Crippen molar-refractivity contribution in [2.45, 2.75) is 6.92 Å². The summed E-state index contributed by atoms with van der Waals surface area (Å²) in [6, 6.07) is 45.0. The lowest BCUT2D eigenvalue weighted by atomic mass is 10.1. The summed E-state index contributed by atoms with van der Waals surface area (Å²) < 4.78 is 11.2. The minimum absolute atomic E-state index is 0.212. The van der Waals surface area contributed by atoms with Crippen LogP contribution in [-0.2, 0) is 4.74 Å². The largest absolute Gasteiger partial charge is 0.497 e. The predicted molar refractivity (Wildman–Crippen MR) is 181 cm³/mol. The van der Waals surface area contributed by atoms with Gasteiger partial charge >= 0.3 is 0 Å². The molecule has 0 fully saturated rings. The molecule has 5 aromatic rings. The first kappa shape index (κ1) is 30.5. The zero-order chi connectivity index (χ0) is 31.3. The van der Waals surface area contributed by atoms with Gasteiger partial charge in [-0.25, -0.2) is 9.98 Å². The Bertz CT molecular complexity index is 1820. The number of nitrogens with zero attached hydrogens (tertiary/aromatic N) is 4. The Balaban J connectivity index is 1.71. The fourth-order valence-electron chi connectivity index (χ4n) is 4.31. The summed E-state index contributed by atoms with van der Waals surface area (Å²) in [7, 11) is 1.58. The van der Waals surface area contributed by atoms with E-state index in [1.807, 2.05) is 128 Å². The van der Waals surface area contributed by atoms with E-state index in [0.29, 0.717) is 41.1 Å². The van der Waals surface area contributed by atoms with Crippen molar-refractivity contribution in [3.63, 3.8) is 0 Å². The molecule has 0 heterocycles. The standard InChI is InChI=1S/C38H32N4O3/c1-3-45-38(32-22-14-7-15-23-32)42-36(30-20-12-6-13-21-30)40-34(28-16-8-4-9-17-28)39-35(29-18-10-5-11-19-29)41-37(43)31-24-26-33(44-2)27-25-31/h4-27H,3H2,1-2H3. The number of rotatable bonds is 7. The molecule has 0 unspecified atom stereocenters. The molecule has 0 saturated carbocycles. The van der Waals surface area contributed by atoms with Crippen molar-refractivity contribution in [2.75, 3.05) is 13.7 Å². The van der Waals surface area contributed by atoms with E-state index in [2.05, 4.69) is 4.99 Å². The van der Waals surface area contributed by atoms with Gasteiger partial charge in [0.25, 0.3) is 5.91 Å². The van der Waals surface area contributed by atoms with E-state index in [1.54, 1.807) is 31.4 Å². The molecule has 0 N–H and O–H groups in total. The van der Waals surface area contributed by atoms with Crippen LogP contribution >= 0.6 is 0 Å². The van der Waals surface area contributed by atoms with E-state index in [0.717, 1.165) is 16.7 Å². The van der Waals surface area contributed by atoms with E-state index >= 15 is 0 Å². The second-order valence-electron chi connectivity index (χ2n) is 9.65. The van der Waals surface area contributed by atoms with E-state index in [4.69, 9.17) is 24.5 Å². The maximum Gasteiger partial charge on any atom is 0.279 e. The maximum atomic E-state index is 13.4. The first-order valence-electron chi connectivity index (χ1n) is 14.5. The molecular formula is C38H32N4O3. The third kappa shape index (κ3) is 8.33. The molecule has 0 spiro atoms. The van der Waals surface area contributed by atoms with Gasteiger partial charge in [-0.3, -0.25) is 4.79 Å². The molecule has 0 radical (unpaired) electrons. The molecule has 0 bridgehead atoms. The number of benzene rings is 5. The highest BCUT2D eigenvalue weighted by Crippen LogP contribution is 2.16. The monoisotopic (exact) mass is 592 g/mol. The van der Waals surface area contributed by atoms with Gasteiger partial charge in [-0.15, -0.1) is 0 Å². The van der Waals surface area contributed by atoms with Gasteiger partial charge in [0, 0.05) is 27.8 Å². The lowest BCUT2D eigenvalue weighted by Crippen LogP contribution is -2.14. The van der Waals surface area contributed by atoms with Gasteiger partial charge in [-0.1, -0.05) is 109 Å². The molecule has 45 heavy (non-hydrogen) atoms. The van der Waals surface area contributed by atoms with Crippen molar-refractivity contribution in [1.29, 1.82) is 0 Å². The van der Waals surface area contributed by atoms with Crippen molar-refractivity contribution < 1.29 is 14.3 Å². The van der Waals surface area contributed by atoms with Crippen molar-refractivity contribution >= 4 is 29.3 Å². The second kappa shape index (κ2) is 15.5. The average Bonchev–Trinajstić information content (AvgIpc) is 3.11. The van der Waals surface area contributed by atoms with Crippen LogP contribution in [0.25, 0.3) is 0 Å².